The van der Waals surface area contributed by atoms with Crippen LogP contribution in [0.3, 0.4) is 0 Å². The number of rotatable bonds is 4. The molecule has 0 unspecified atom stereocenters. The Morgan fingerprint density at radius 1 is 1.73 bits per heavy atom. The third kappa shape index (κ3) is 3.22. The van der Waals surface area contributed by atoms with Crippen LogP contribution in [0.15, 0.2) is 10.7 Å². The highest BCUT2D eigenvalue weighted by molar-refractivity contribution is 9.10. The molecule has 0 aliphatic carbocycles. The number of nitrogens with one attached hydrogen (secondary N) is 1. The van der Waals surface area contributed by atoms with Gasteiger partial charge in [-0.05, 0) is 15.9 Å². The quantitative estimate of drug-likeness (QED) is 0.638. The fraction of sp³-hybridized carbons (Fsp3) is 0.222. The molecule has 1 aromatic heterocycles. The lowest BCUT2D eigenvalue weighted by molar-refractivity contribution is 0.0689. The van der Waals surface area contributed by atoms with Crippen LogP contribution in [0.2, 0.25) is 0 Å². The summed E-state index contributed by atoms with van der Waals surface area (Å²) in [6.07, 6.45) is 6.98. The molecule has 1 rings (SSSR count). The van der Waals surface area contributed by atoms with Crippen molar-refractivity contribution < 1.29 is 9.90 Å². The number of hydrogen-bond acceptors (Lipinski definition) is 4. The normalized spacial score (nSPS) is 9.33. The summed E-state index contributed by atoms with van der Waals surface area (Å²) in [7, 11) is 0. The summed E-state index contributed by atoms with van der Waals surface area (Å²) in [5, 5.41) is 11.6. The fourth-order valence-corrected chi connectivity index (χ4v) is 1.21. The van der Waals surface area contributed by atoms with Gasteiger partial charge in [0.1, 0.15) is 0 Å². The molecule has 0 fully saturated rings. The van der Waals surface area contributed by atoms with E-state index in [4.69, 9.17) is 11.5 Å². The summed E-state index contributed by atoms with van der Waals surface area (Å²) in [6, 6.07) is 0. The smallest absolute Gasteiger partial charge is 0.355 e. The monoisotopic (exact) mass is 269 g/mol. The predicted molar refractivity (Wildman–Crippen MR) is 58.6 cm³/mol. The van der Waals surface area contributed by atoms with E-state index in [0.717, 1.165) is 0 Å². The first-order valence-corrected chi connectivity index (χ1v) is 4.87. The highest BCUT2D eigenvalue weighted by Gasteiger charge is 2.11. The molecule has 5 nitrogen and oxygen atoms in total. The summed E-state index contributed by atoms with van der Waals surface area (Å²) in [4.78, 5) is 18.4. The van der Waals surface area contributed by atoms with E-state index in [1.54, 1.807) is 0 Å². The number of hydrogen-bond donors (Lipinski definition) is 2. The minimum absolute atomic E-state index is 0.0757. The molecular formula is C9H8BrN3O2. The number of carboxylic acids is 1. The predicted octanol–water partition coefficient (Wildman–Crippen LogP) is 1.37. The SMILES string of the molecule is C#CCCNc1ncc(Br)c(C(=O)O)n1. The van der Waals surface area contributed by atoms with Crippen LogP contribution < -0.4 is 5.32 Å². The van der Waals surface area contributed by atoms with Gasteiger partial charge >= 0.3 is 5.97 Å². The summed E-state index contributed by atoms with van der Waals surface area (Å²) in [6.45, 7) is 0.511. The van der Waals surface area contributed by atoms with Gasteiger partial charge in [0, 0.05) is 19.2 Å². The van der Waals surface area contributed by atoms with Crippen molar-refractivity contribution in [2.45, 2.75) is 6.42 Å². The van der Waals surface area contributed by atoms with E-state index < -0.39 is 5.97 Å². The molecule has 0 saturated heterocycles. The Bertz CT molecular complexity index is 414. The molecular weight excluding hydrogens is 262 g/mol. The van der Waals surface area contributed by atoms with Gasteiger partial charge in [0.05, 0.1) is 4.47 Å². The van der Waals surface area contributed by atoms with E-state index in [2.05, 4.69) is 37.1 Å². The molecule has 0 amide bonds. The van der Waals surface area contributed by atoms with E-state index in [-0.39, 0.29) is 11.6 Å². The van der Waals surface area contributed by atoms with Gasteiger partial charge in [-0.15, -0.1) is 12.3 Å². The average Bonchev–Trinajstić information content (AvgIpc) is 2.20. The molecule has 0 bridgehead atoms. The third-order valence-electron chi connectivity index (χ3n) is 1.50. The molecule has 1 heterocycles. The molecule has 15 heavy (non-hydrogen) atoms. The first-order chi connectivity index (χ1) is 7.15. The lowest BCUT2D eigenvalue weighted by Gasteiger charge is -2.03. The Morgan fingerprint density at radius 2 is 2.47 bits per heavy atom. The van der Waals surface area contributed by atoms with Gasteiger partial charge in [-0.3, -0.25) is 0 Å². The lowest BCUT2D eigenvalue weighted by atomic mass is 10.4. The van der Waals surface area contributed by atoms with Gasteiger partial charge in [0.15, 0.2) is 5.69 Å². The maximum Gasteiger partial charge on any atom is 0.355 e. The number of carbonyl (C=O) groups is 1. The second-order valence-electron chi connectivity index (χ2n) is 2.58. The Hall–Kier alpha value is -1.61. The Kier molecular flexibility index (Phi) is 4.06. The molecule has 0 atom stereocenters. The van der Waals surface area contributed by atoms with Gasteiger partial charge in [0.2, 0.25) is 5.95 Å². The van der Waals surface area contributed by atoms with E-state index in [9.17, 15) is 4.79 Å². The largest absolute Gasteiger partial charge is 0.476 e. The van der Waals surface area contributed by atoms with Gasteiger partial charge in [-0.2, -0.15) is 0 Å². The fourth-order valence-electron chi connectivity index (χ4n) is 0.849. The third-order valence-corrected chi connectivity index (χ3v) is 2.08. The summed E-state index contributed by atoms with van der Waals surface area (Å²) in [5.41, 5.74) is -0.0757. The highest BCUT2D eigenvalue weighted by atomic mass is 79.9. The second kappa shape index (κ2) is 5.32. The van der Waals surface area contributed by atoms with Crippen LogP contribution in [-0.4, -0.2) is 27.6 Å². The molecule has 0 spiro atoms. The average molecular weight is 270 g/mol. The molecule has 0 aliphatic heterocycles. The number of anilines is 1. The summed E-state index contributed by atoms with van der Waals surface area (Å²) >= 11 is 3.05. The van der Waals surface area contributed by atoms with E-state index >= 15 is 0 Å². The van der Waals surface area contributed by atoms with Crippen LogP contribution in [0.4, 0.5) is 5.95 Å². The Balaban J connectivity index is 2.79. The zero-order valence-electron chi connectivity index (χ0n) is 7.70. The molecule has 2 N–H and O–H groups in total. The second-order valence-corrected chi connectivity index (χ2v) is 3.43. The van der Waals surface area contributed by atoms with Crippen molar-refractivity contribution in [1.29, 1.82) is 0 Å². The maximum absolute atomic E-state index is 10.7. The van der Waals surface area contributed by atoms with Crippen LogP contribution in [0.5, 0.6) is 0 Å². The van der Waals surface area contributed by atoms with Crippen molar-refractivity contribution in [2.75, 3.05) is 11.9 Å². The first kappa shape index (κ1) is 11.5. The van der Waals surface area contributed by atoms with Crippen LogP contribution in [0.25, 0.3) is 0 Å². The van der Waals surface area contributed by atoms with Crippen LogP contribution in [-0.2, 0) is 0 Å². The molecule has 0 radical (unpaired) electrons. The molecule has 1 aromatic rings. The lowest BCUT2D eigenvalue weighted by Crippen LogP contribution is -2.09. The molecule has 0 aliphatic rings. The van der Waals surface area contributed by atoms with Gasteiger partial charge in [0.25, 0.3) is 0 Å². The van der Waals surface area contributed by atoms with Crippen LogP contribution >= 0.6 is 15.9 Å². The topological polar surface area (TPSA) is 75.1 Å². The minimum atomic E-state index is -1.11. The molecule has 0 aromatic carbocycles. The molecule has 6 heteroatoms. The Morgan fingerprint density at radius 3 is 3.07 bits per heavy atom. The van der Waals surface area contributed by atoms with Crippen molar-refractivity contribution >= 4 is 27.8 Å². The minimum Gasteiger partial charge on any atom is -0.476 e. The van der Waals surface area contributed by atoms with Gasteiger partial charge < -0.3 is 10.4 Å². The number of nitrogens with zero attached hydrogens (tertiary/aromatic N) is 2. The number of aromatic carboxylic acids is 1. The van der Waals surface area contributed by atoms with Crippen molar-refractivity contribution in [3.05, 3.63) is 16.4 Å². The highest BCUT2D eigenvalue weighted by Crippen LogP contribution is 2.14. The van der Waals surface area contributed by atoms with E-state index in [0.29, 0.717) is 17.4 Å². The van der Waals surface area contributed by atoms with Crippen LogP contribution in [0.1, 0.15) is 16.9 Å². The van der Waals surface area contributed by atoms with Gasteiger partial charge in [-0.25, -0.2) is 14.8 Å². The van der Waals surface area contributed by atoms with Crippen molar-refractivity contribution in [3.8, 4) is 12.3 Å². The zero-order valence-corrected chi connectivity index (χ0v) is 9.28. The zero-order chi connectivity index (χ0) is 11.3. The van der Waals surface area contributed by atoms with E-state index in [1.165, 1.54) is 6.20 Å². The number of carboxylic acid groups (broad SMARTS) is 1. The van der Waals surface area contributed by atoms with Gasteiger partial charge in [-0.1, -0.05) is 0 Å². The molecule has 78 valence electrons. The van der Waals surface area contributed by atoms with Crippen LogP contribution in [0, 0.1) is 12.3 Å². The van der Waals surface area contributed by atoms with Crippen molar-refractivity contribution in [3.63, 3.8) is 0 Å². The Labute approximate surface area is 95.1 Å². The summed E-state index contributed by atoms with van der Waals surface area (Å²) < 4.78 is 0.345. The summed E-state index contributed by atoms with van der Waals surface area (Å²) in [5.74, 6) is 1.59. The number of aromatic nitrogens is 2. The first-order valence-electron chi connectivity index (χ1n) is 4.08. The van der Waals surface area contributed by atoms with E-state index in [1.807, 2.05) is 0 Å². The standard InChI is InChI=1S/C9H8BrN3O2/c1-2-3-4-11-9-12-5-6(10)7(13-9)8(14)15/h1,5H,3-4H2,(H,14,15)(H,11,12,13). The van der Waals surface area contributed by atoms with Crippen molar-refractivity contribution in [2.24, 2.45) is 0 Å². The number of terminal acetylenes is 1. The number of halogens is 1. The van der Waals surface area contributed by atoms with Crippen molar-refractivity contribution in [1.82, 2.24) is 9.97 Å². The maximum atomic E-state index is 10.7. The molecule has 0 saturated carbocycles.